The minimum absolute atomic E-state index is 0.0895. The van der Waals surface area contributed by atoms with E-state index in [-0.39, 0.29) is 41.8 Å². The number of thioether (sulfide) groups is 1. The first kappa shape index (κ1) is 36.4. The number of amides is 3. The summed E-state index contributed by atoms with van der Waals surface area (Å²) < 4.78 is 1.88. The van der Waals surface area contributed by atoms with Crippen molar-refractivity contribution in [3.63, 3.8) is 0 Å². The largest absolute Gasteiger partial charge is 0.508 e. The number of rotatable bonds is 10. The van der Waals surface area contributed by atoms with Crippen LogP contribution in [-0.4, -0.2) is 50.6 Å². The van der Waals surface area contributed by atoms with Crippen molar-refractivity contribution in [3.8, 4) is 11.4 Å². The number of carbonyl (C=O) groups is 3. The van der Waals surface area contributed by atoms with Crippen molar-refractivity contribution in [2.75, 3.05) is 22.5 Å². The Bertz CT molecular complexity index is 2540. The second-order valence-corrected chi connectivity index (χ2v) is 14.6. The van der Waals surface area contributed by atoms with Gasteiger partial charge in [-0.25, -0.2) is 0 Å². The van der Waals surface area contributed by atoms with Gasteiger partial charge in [0.05, 0.1) is 28.1 Å². The highest BCUT2D eigenvalue weighted by Crippen LogP contribution is 2.35. The molecule has 56 heavy (non-hydrogen) atoms. The van der Waals surface area contributed by atoms with Gasteiger partial charge in [0.15, 0.2) is 0 Å². The first-order chi connectivity index (χ1) is 27.4. The number of hydrogen-bond acceptors (Lipinski definition) is 6. The molecule has 2 heterocycles. The zero-order chi connectivity index (χ0) is 38.6. The SMILES string of the molecule is NC[C@@H]1Cc2ccccc2CN1C(=O)c1cc(NC(=O)CSc2ccccc2)ccc1-n1cc(C(=O)N(c2ccccc2)c2ccc(O)cc2)c2ccccc21. The minimum atomic E-state index is -0.291. The van der Waals surface area contributed by atoms with Crippen LogP contribution >= 0.6 is 11.8 Å². The second-order valence-electron chi connectivity index (χ2n) is 13.6. The van der Waals surface area contributed by atoms with Crippen molar-refractivity contribution in [2.24, 2.45) is 5.73 Å². The average Bonchev–Trinajstić information content (AvgIpc) is 3.63. The number of para-hydroxylation sites is 2. The van der Waals surface area contributed by atoms with E-state index in [2.05, 4.69) is 11.4 Å². The second kappa shape index (κ2) is 16.0. The van der Waals surface area contributed by atoms with E-state index in [0.717, 1.165) is 16.0 Å². The lowest BCUT2D eigenvalue weighted by Crippen LogP contribution is -2.48. The summed E-state index contributed by atoms with van der Waals surface area (Å²) in [6.45, 7) is 0.662. The van der Waals surface area contributed by atoms with Gasteiger partial charge >= 0.3 is 0 Å². The summed E-state index contributed by atoms with van der Waals surface area (Å²) >= 11 is 1.43. The number of anilines is 3. The topological polar surface area (TPSA) is 121 Å². The molecule has 8 rings (SSSR count). The van der Waals surface area contributed by atoms with E-state index in [4.69, 9.17) is 5.73 Å². The lowest BCUT2D eigenvalue weighted by molar-refractivity contribution is -0.113. The normalized spacial score (nSPS) is 13.6. The standard InChI is InChI=1S/C46H39N5O4S/c47-27-36-25-31-11-7-8-12-32(31)28-49(36)45(54)40-26-33(48-44(53)30-56-38-15-5-2-6-16-38)19-24-43(40)50-29-41(39-17-9-10-18-42(39)50)46(55)51(34-13-3-1-4-14-34)35-20-22-37(52)23-21-35/h1-24,26,29,36,52H,25,27-28,30,47H2,(H,48,53)/t36-/m0/s1. The van der Waals surface area contributed by atoms with E-state index >= 15 is 0 Å². The molecule has 10 heteroatoms. The number of nitrogens with zero attached hydrogens (tertiary/aromatic N) is 3. The maximum absolute atomic E-state index is 14.9. The molecule has 6 aromatic carbocycles. The molecule has 1 aliphatic heterocycles. The number of aromatic nitrogens is 1. The van der Waals surface area contributed by atoms with Crippen LogP contribution in [0.4, 0.5) is 17.1 Å². The molecular formula is C46H39N5O4S. The van der Waals surface area contributed by atoms with E-state index in [0.29, 0.717) is 52.2 Å². The summed E-state index contributed by atoms with van der Waals surface area (Å²) in [7, 11) is 0. The van der Waals surface area contributed by atoms with Gasteiger partial charge in [-0.3, -0.25) is 19.3 Å². The molecule has 0 aliphatic carbocycles. The van der Waals surface area contributed by atoms with Crippen LogP contribution in [0.15, 0.2) is 163 Å². The van der Waals surface area contributed by atoms with Crippen molar-refractivity contribution in [2.45, 2.75) is 23.9 Å². The number of aromatic hydroxyl groups is 1. The Morgan fingerprint density at radius 3 is 2.16 bits per heavy atom. The van der Waals surface area contributed by atoms with Crippen molar-refractivity contribution in [1.82, 2.24) is 9.47 Å². The van der Waals surface area contributed by atoms with Crippen molar-refractivity contribution >= 4 is 57.4 Å². The third-order valence-electron chi connectivity index (χ3n) is 10.0. The van der Waals surface area contributed by atoms with Gasteiger partial charge < -0.3 is 25.6 Å². The van der Waals surface area contributed by atoms with Crippen molar-refractivity contribution in [1.29, 1.82) is 0 Å². The summed E-state index contributed by atoms with van der Waals surface area (Å²) in [5, 5.41) is 13.7. The molecule has 4 N–H and O–H groups in total. The van der Waals surface area contributed by atoms with Crippen molar-refractivity contribution < 1.29 is 19.5 Å². The Hall–Kier alpha value is -6.62. The smallest absolute Gasteiger partial charge is 0.265 e. The maximum Gasteiger partial charge on any atom is 0.265 e. The molecule has 0 unspecified atom stereocenters. The predicted molar refractivity (Wildman–Crippen MR) is 223 cm³/mol. The molecular weight excluding hydrogens is 719 g/mol. The highest BCUT2D eigenvalue weighted by Gasteiger charge is 2.32. The molecule has 0 spiro atoms. The summed E-state index contributed by atoms with van der Waals surface area (Å²) in [6.07, 6.45) is 2.40. The number of hydrogen-bond donors (Lipinski definition) is 3. The Labute approximate surface area is 329 Å². The molecule has 0 fully saturated rings. The number of nitrogens with one attached hydrogen (secondary N) is 1. The third kappa shape index (κ3) is 7.40. The Balaban J connectivity index is 1.22. The monoisotopic (exact) mass is 757 g/mol. The van der Waals surface area contributed by atoms with Gasteiger partial charge in [0, 0.05) is 52.7 Å². The molecule has 7 aromatic rings. The summed E-state index contributed by atoms with van der Waals surface area (Å²) in [5.74, 6) is -0.446. The number of nitrogens with two attached hydrogens (primary N) is 1. The van der Waals surface area contributed by atoms with Gasteiger partial charge in [-0.2, -0.15) is 0 Å². The lowest BCUT2D eigenvalue weighted by Gasteiger charge is -2.37. The van der Waals surface area contributed by atoms with Gasteiger partial charge in [-0.1, -0.05) is 78.9 Å². The zero-order valence-electron chi connectivity index (χ0n) is 30.4. The fourth-order valence-electron chi connectivity index (χ4n) is 7.28. The van der Waals surface area contributed by atoms with Crippen LogP contribution in [0.2, 0.25) is 0 Å². The van der Waals surface area contributed by atoms with Gasteiger partial charge in [0.1, 0.15) is 5.75 Å². The highest BCUT2D eigenvalue weighted by atomic mass is 32.2. The summed E-state index contributed by atoms with van der Waals surface area (Å²) in [5.41, 5.74) is 12.3. The minimum Gasteiger partial charge on any atom is -0.508 e. The van der Waals surface area contributed by atoms with Crippen molar-refractivity contribution in [3.05, 3.63) is 180 Å². The van der Waals surface area contributed by atoms with Crippen LogP contribution in [0.1, 0.15) is 31.8 Å². The van der Waals surface area contributed by atoms with Crippen LogP contribution in [0, 0.1) is 0 Å². The quantitative estimate of drug-likeness (QED) is 0.120. The molecule has 1 atom stereocenters. The van der Waals surface area contributed by atoms with Crippen LogP contribution in [0.25, 0.3) is 16.6 Å². The molecule has 1 aliphatic rings. The summed E-state index contributed by atoms with van der Waals surface area (Å²) in [6, 6.07) is 46.3. The first-order valence-electron chi connectivity index (χ1n) is 18.4. The number of phenols is 1. The van der Waals surface area contributed by atoms with Gasteiger partial charge in [-0.05, 0) is 90.3 Å². The van der Waals surface area contributed by atoms with Crippen LogP contribution in [-0.2, 0) is 17.8 Å². The predicted octanol–water partition coefficient (Wildman–Crippen LogP) is 8.57. The third-order valence-corrected chi connectivity index (χ3v) is 11.1. The number of fused-ring (bicyclic) bond motifs is 2. The molecule has 0 radical (unpaired) electrons. The average molecular weight is 758 g/mol. The fourth-order valence-corrected chi connectivity index (χ4v) is 8.00. The van der Waals surface area contributed by atoms with Crippen LogP contribution in [0.3, 0.4) is 0 Å². The van der Waals surface area contributed by atoms with E-state index in [9.17, 15) is 19.5 Å². The molecule has 0 saturated heterocycles. The number of phenolic OH excluding ortho intramolecular Hbond substituents is 1. The van der Waals surface area contributed by atoms with E-state index < -0.39 is 0 Å². The molecule has 3 amide bonds. The molecule has 278 valence electrons. The number of carbonyl (C=O) groups excluding carboxylic acids is 3. The maximum atomic E-state index is 14.9. The van der Waals surface area contributed by atoms with Gasteiger partial charge in [0.2, 0.25) is 5.91 Å². The molecule has 9 nitrogen and oxygen atoms in total. The Kier molecular flexibility index (Phi) is 10.4. The Morgan fingerprint density at radius 2 is 1.41 bits per heavy atom. The van der Waals surface area contributed by atoms with E-state index in [1.165, 1.54) is 17.3 Å². The van der Waals surface area contributed by atoms with Crippen LogP contribution in [0.5, 0.6) is 5.75 Å². The summed E-state index contributed by atoms with van der Waals surface area (Å²) in [4.78, 5) is 47.4. The van der Waals surface area contributed by atoms with E-state index in [1.54, 1.807) is 47.5 Å². The fraction of sp³-hybridized carbons (Fsp3) is 0.109. The number of benzene rings is 6. The Morgan fingerprint density at radius 1 is 0.750 bits per heavy atom. The first-order valence-corrected chi connectivity index (χ1v) is 19.3. The molecule has 0 bridgehead atoms. The highest BCUT2D eigenvalue weighted by molar-refractivity contribution is 8.00. The van der Waals surface area contributed by atoms with Gasteiger partial charge in [-0.15, -0.1) is 11.8 Å². The lowest BCUT2D eigenvalue weighted by atomic mass is 9.93. The zero-order valence-corrected chi connectivity index (χ0v) is 31.2. The van der Waals surface area contributed by atoms with Crippen LogP contribution < -0.4 is 16.0 Å². The molecule has 1 aromatic heterocycles. The molecule has 0 saturated carbocycles. The van der Waals surface area contributed by atoms with Gasteiger partial charge in [0.25, 0.3) is 11.8 Å². The van der Waals surface area contributed by atoms with E-state index in [1.807, 2.05) is 119 Å².